The normalized spacial score (nSPS) is 16.6. The minimum Gasteiger partial charge on any atom is -0.569 e. The highest BCUT2D eigenvalue weighted by Gasteiger charge is 2.36. The van der Waals surface area contributed by atoms with Crippen LogP contribution in [0.3, 0.4) is 0 Å². The zero-order valence-electron chi connectivity index (χ0n) is 23.1. The highest BCUT2D eigenvalue weighted by atomic mass is 32.2. The van der Waals surface area contributed by atoms with Crippen molar-refractivity contribution in [1.29, 1.82) is 0 Å². The van der Waals surface area contributed by atoms with Crippen molar-refractivity contribution < 1.29 is 45.7 Å². The molecule has 1 amide bonds. The maximum Gasteiger partial charge on any atom is 0.435 e. The number of esters is 1. The first kappa shape index (κ1) is 31.3. The van der Waals surface area contributed by atoms with Gasteiger partial charge in [0.1, 0.15) is 0 Å². The molecule has 230 valence electrons. The molecule has 2 unspecified atom stereocenters. The van der Waals surface area contributed by atoms with Gasteiger partial charge in [0.25, 0.3) is 16.3 Å². The van der Waals surface area contributed by atoms with Crippen LogP contribution >= 0.6 is 0 Å². The molecule has 4 rings (SSSR count). The van der Waals surface area contributed by atoms with E-state index in [0.29, 0.717) is 5.56 Å². The van der Waals surface area contributed by atoms with E-state index < -0.39 is 46.0 Å². The van der Waals surface area contributed by atoms with E-state index in [0.717, 1.165) is 40.4 Å². The Hall–Kier alpha value is -4.67. The number of sulfonamides is 1. The first-order valence-electron chi connectivity index (χ1n) is 12.8. The second-order valence-corrected chi connectivity index (χ2v) is 11.4. The van der Waals surface area contributed by atoms with E-state index in [9.17, 15) is 36.4 Å². The lowest BCUT2D eigenvalue weighted by Crippen LogP contribution is -2.37. The molecule has 2 atom stereocenters. The van der Waals surface area contributed by atoms with Gasteiger partial charge in [0.2, 0.25) is 11.2 Å². The molecule has 1 aliphatic heterocycles. The third-order valence-electron chi connectivity index (χ3n) is 6.35. The van der Waals surface area contributed by atoms with Crippen LogP contribution in [-0.4, -0.2) is 59.4 Å². The maximum atomic E-state index is 13.5. The first-order chi connectivity index (χ1) is 20.1. The summed E-state index contributed by atoms with van der Waals surface area (Å²) in [5.41, 5.74) is 0.568. The van der Waals surface area contributed by atoms with Crippen LogP contribution in [0.25, 0.3) is 16.9 Å². The number of halogens is 3. The molecule has 1 aliphatic rings. The van der Waals surface area contributed by atoms with Gasteiger partial charge in [-0.25, -0.2) is 17.8 Å². The zero-order valence-corrected chi connectivity index (χ0v) is 23.9. The van der Waals surface area contributed by atoms with Gasteiger partial charge in [-0.3, -0.25) is 14.4 Å². The minimum absolute atomic E-state index is 0.0677. The third kappa shape index (κ3) is 7.59. The van der Waals surface area contributed by atoms with Gasteiger partial charge >= 0.3 is 12.1 Å². The average molecular weight is 625 g/mol. The molecular formula is C26H27F3N6O7S. The monoisotopic (exact) mass is 624 g/mol. The van der Waals surface area contributed by atoms with E-state index >= 15 is 0 Å². The summed E-state index contributed by atoms with van der Waals surface area (Å²) in [6.45, 7) is 4.23. The Kier molecular flexibility index (Phi) is 8.93. The van der Waals surface area contributed by atoms with E-state index in [4.69, 9.17) is 4.84 Å². The van der Waals surface area contributed by atoms with Crippen LogP contribution in [0.5, 0.6) is 0 Å². The van der Waals surface area contributed by atoms with E-state index in [1.165, 1.54) is 19.1 Å². The van der Waals surface area contributed by atoms with Gasteiger partial charge in [-0.2, -0.15) is 18.3 Å². The van der Waals surface area contributed by atoms with Crippen molar-refractivity contribution in [2.45, 2.75) is 44.6 Å². The Morgan fingerprint density at radius 1 is 1.16 bits per heavy atom. The maximum absolute atomic E-state index is 13.5. The molecule has 1 aromatic heterocycles. The molecule has 3 aromatic rings. The number of rotatable bonds is 9. The Labute approximate surface area is 244 Å². The molecule has 2 aromatic carbocycles. The number of aromatic nitrogens is 2. The zero-order chi connectivity index (χ0) is 31.5. The van der Waals surface area contributed by atoms with Crippen molar-refractivity contribution in [3.05, 3.63) is 71.1 Å². The smallest absolute Gasteiger partial charge is 0.435 e. The summed E-state index contributed by atoms with van der Waals surface area (Å²) in [4.78, 5) is 28.1. The summed E-state index contributed by atoms with van der Waals surface area (Å²) in [5, 5.41) is 20.2. The fraction of sp³-hybridized carbons (Fsp3) is 0.346. The molecule has 0 spiro atoms. The van der Waals surface area contributed by atoms with Gasteiger partial charge in [-0.05, 0) is 43.7 Å². The van der Waals surface area contributed by atoms with Gasteiger partial charge in [-0.15, -0.1) is 5.01 Å². The summed E-state index contributed by atoms with van der Waals surface area (Å²) in [7, 11) is -4.37. The van der Waals surface area contributed by atoms with E-state index in [-0.39, 0.29) is 40.8 Å². The molecule has 1 saturated heterocycles. The SMILES string of the molecule is CC(=O)OC(C)O/N=[N+](/[O-])N1CCC(C(=O)NS(=O)(=O)c2ccc(-n3nc(C(F)(F)F)cc3-c3ccc(C)cc3)cc2)C1. The second kappa shape index (κ2) is 12.3. The molecule has 43 heavy (non-hydrogen) atoms. The second-order valence-electron chi connectivity index (χ2n) is 9.67. The molecule has 0 aliphatic carbocycles. The Morgan fingerprint density at radius 3 is 2.42 bits per heavy atom. The van der Waals surface area contributed by atoms with Crippen molar-refractivity contribution >= 4 is 21.9 Å². The molecule has 0 bridgehead atoms. The lowest BCUT2D eigenvalue weighted by molar-refractivity contribution is -0.709. The number of ether oxygens (including phenoxy) is 1. The van der Waals surface area contributed by atoms with Crippen LogP contribution in [0.15, 0.2) is 64.8 Å². The number of hydrogen-bond acceptors (Lipinski definition) is 9. The van der Waals surface area contributed by atoms with Gasteiger partial charge < -0.3 is 9.94 Å². The van der Waals surface area contributed by atoms with Gasteiger partial charge in [-0.1, -0.05) is 29.8 Å². The molecule has 0 saturated carbocycles. The number of amides is 1. The van der Waals surface area contributed by atoms with Crippen LogP contribution in [0, 0.1) is 18.0 Å². The number of nitrogens with zero attached hydrogens (tertiary/aromatic N) is 5. The summed E-state index contributed by atoms with van der Waals surface area (Å²) in [6.07, 6.45) is -5.70. The summed E-state index contributed by atoms with van der Waals surface area (Å²) in [6, 6.07) is 12.5. The number of nitrogens with one attached hydrogen (secondary N) is 1. The Balaban J connectivity index is 1.46. The fourth-order valence-electron chi connectivity index (χ4n) is 4.21. The van der Waals surface area contributed by atoms with E-state index in [1.54, 1.807) is 24.3 Å². The van der Waals surface area contributed by atoms with E-state index in [2.05, 4.69) is 15.1 Å². The van der Waals surface area contributed by atoms with Crippen LogP contribution < -0.4 is 4.72 Å². The standard InChI is InChI=1S/C26H27F3N6O7S/c1-16-4-6-19(7-5-16)23-14-24(26(27,28)29)30-34(23)21-8-10-22(11-9-21)43(39,40)31-25(37)20-12-13-33(15-20)35(38)32-42-18(3)41-17(2)36/h4-11,14,18,20H,12-13,15H2,1-3H3,(H,31,37)/b35-32+. The largest absolute Gasteiger partial charge is 0.569 e. The third-order valence-corrected chi connectivity index (χ3v) is 7.71. The number of aryl methyl sites for hydroxylation is 1. The molecule has 17 heteroatoms. The van der Waals surface area contributed by atoms with Gasteiger partial charge in [0.05, 0.1) is 40.3 Å². The number of carbonyl (C=O) groups is 2. The lowest BCUT2D eigenvalue weighted by Gasteiger charge is -2.14. The first-order valence-corrected chi connectivity index (χ1v) is 14.3. The lowest BCUT2D eigenvalue weighted by atomic mass is 10.1. The van der Waals surface area contributed by atoms with Gasteiger partial charge in [0, 0.05) is 19.4 Å². The molecule has 0 radical (unpaired) electrons. The number of benzene rings is 2. The topological polar surface area (TPSA) is 158 Å². The van der Waals surface area contributed by atoms with Crippen molar-refractivity contribution in [2.75, 3.05) is 13.1 Å². The number of hydrazine groups is 1. The minimum atomic E-state index is -4.71. The van der Waals surface area contributed by atoms with Crippen LogP contribution in [0.4, 0.5) is 13.2 Å². The summed E-state index contributed by atoms with van der Waals surface area (Å²) in [5.74, 6) is -2.39. The average Bonchev–Trinajstić information content (AvgIpc) is 3.60. The number of hydrogen-bond donors (Lipinski definition) is 1. The number of carbonyl (C=O) groups excluding carboxylic acids is 2. The Morgan fingerprint density at radius 2 is 1.81 bits per heavy atom. The molecule has 2 heterocycles. The van der Waals surface area contributed by atoms with Crippen molar-refractivity contribution in [2.24, 2.45) is 11.2 Å². The van der Waals surface area contributed by atoms with Crippen LogP contribution in [0.1, 0.15) is 31.5 Å². The Bertz CT molecular complexity index is 1620. The highest BCUT2D eigenvalue weighted by Crippen LogP contribution is 2.33. The summed E-state index contributed by atoms with van der Waals surface area (Å²) < 4.78 is 74.0. The highest BCUT2D eigenvalue weighted by molar-refractivity contribution is 7.90. The molecule has 1 N–H and O–H groups in total. The van der Waals surface area contributed by atoms with Crippen molar-refractivity contribution in [1.82, 2.24) is 19.5 Å². The van der Waals surface area contributed by atoms with Gasteiger partial charge in [0.15, 0.2) is 5.69 Å². The van der Waals surface area contributed by atoms with Crippen molar-refractivity contribution in [3.8, 4) is 16.9 Å². The van der Waals surface area contributed by atoms with E-state index in [1.807, 2.05) is 11.6 Å². The predicted octanol–water partition coefficient (Wildman–Crippen LogP) is 3.71. The molecular weight excluding hydrogens is 597 g/mol. The summed E-state index contributed by atoms with van der Waals surface area (Å²) >= 11 is 0. The van der Waals surface area contributed by atoms with Crippen LogP contribution in [-0.2, 0) is 35.4 Å². The van der Waals surface area contributed by atoms with Crippen LogP contribution in [0.2, 0.25) is 0 Å². The van der Waals surface area contributed by atoms with Crippen molar-refractivity contribution in [3.63, 3.8) is 0 Å². The molecule has 13 nitrogen and oxygen atoms in total. The quantitative estimate of drug-likeness (QED) is 0.123. The number of alkyl halides is 3. The predicted molar refractivity (Wildman–Crippen MR) is 142 cm³/mol. The fourth-order valence-corrected chi connectivity index (χ4v) is 5.26. The molecule has 1 fully saturated rings.